The molecule has 6 heteroatoms. The van der Waals surface area contributed by atoms with Gasteiger partial charge in [0.15, 0.2) is 0 Å². The first-order valence-electron chi connectivity index (χ1n) is 6.52. The Kier molecular flexibility index (Phi) is 4.21. The smallest absolute Gasteiger partial charge is 0.341 e. The topological polar surface area (TPSA) is 93.1 Å². The number of ether oxygens (including phenoxy) is 2. The molecule has 0 spiro atoms. The van der Waals surface area contributed by atoms with Gasteiger partial charge in [-0.05, 0) is 35.6 Å². The Balaban J connectivity index is 2.81. The molecule has 2 rings (SSSR count). The van der Waals surface area contributed by atoms with E-state index >= 15 is 0 Å². The van der Waals surface area contributed by atoms with E-state index in [4.69, 9.17) is 0 Å². The minimum absolute atomic E-state index is 0.139. The Bertz CT molecular complexity index is 763. The molecule has 0 aliphatic carbocycles. The van der Waals surface area contributed by atoms with Crippen LogP contribution >= 0.6 is 0 Å². The van der Waals surface area contributed by atoms with Crippen LogP contribution in [-0.2, 0) is 20.7 Å². The number of hydrogen-bond donors (Lipinski definition) is 2. The molecular formula is C16H16O6. The summed E-state index contributed by atoms with van der Waals surface area (Å²) in [6, 6.07) is 4.77. The van der Waals surface area contributed by atoms with Crippen LogP contribution in [0.3, 0.4) is 0 Å². The van der Waals surface area contributed by atoms with Gasteiger partial charge in [0, 0.05) is 0 Å². The Morgan fingerprint density at radius 2 is 1.77 bits per heavy atom. The number of rotatable bonds is 3. The average molecular weight is 304 g/mol. The van der Waals surface area contributed by atoms with Crippen LogP contribution in [0.2, 0.25) is 0 Å². The van der Waals surface area contributed by atoms with E-state index in [1.54, 1.807) is 19.1 Å². The molecule has 0 amide bonds. The molecule has 6 nitrogen and oxygen atoms in total. The van der Waals surface area contributed by atoms with Crippen LogP contribution in [-0.4, -0.2) is 36.4 Å². The summed E-state index contributed by atoms with van der Waals surface area (Å²) in [6.07, 6.45) is -0.195. The number of carbonyl (C=O) groups is 2. The third-order valence-electron chi connectivity index (χ3n) is 3.37. The lowest BCUT2D eigenvalue weighted by atomic mass is 9.95. The molecule has 0 radical (unpaired) electrons. The summed E-state index contributed by atoms with van der Waals surface area (Å²) in [5.74, 6) is -1.91. The normalized spacial score (nSPS) is 10.5. The summed E-state index contributed by atoms with van der Waals surface area (Å²) in [5.41, 5.74) is 0.896. The molecule has 2 aromatic carbocycles. The van der Waals surface area contributed by atoms with Gasteiger partial charge in [-0.25, -0.2) is 4.79 Å². The van der Waals surface area contributed by atoms with Crippen molar-refractivity contribution in [1.82, 2.24) is 0 Å². The third kappa shape index (κ3) is 2.67. The number of aryl methyl sites for hydroxylation is 1. The SMILES string of the molecule is COC(=O)Cc1cc2cc(C)cc(O)c2c(O)c1C(=O)OC. The summed E-state index contributed by atoms with van der Waals surface area (Å²) in [4.78, 5) is 23.5. The highest BCUT2D eigenvalue weighted by Crippen LogP contribution is 2.38. The number of fused-ring (bicyclic) bond motifs is 1. The number of benzene rings is 2. The van der Waals surface area contributed by atoms with Crippen molar-refractivity contribution < 1.29 is 29.3 Å². The lowest BCUT2D eigenvalue weighted by Gasteiger charge is -2.13. The maximum absolute atomic E-state index is 11.9. The number of phenols is 2. The van der Waals surface area contributed by atoms with Gasteiger partial charge < -0.3 is 19.7 Å². The van der Waals surface area contributed by atoms with Gasteiger partial charge in [-0.15, -0.1) is 0 Å². The highest BCUT2D eigenvalue weighted by atomic mass is 16.5. The number of methoxy groups -OCH3 is 2. The van der Waals surface area contributed by atoms with Crippen molar-refractivity contribution >= 4 is 22.7 Å². The predicted molar refractivity (Wildman–Crippen MR) is 79.1 cm³/mol. The first kappa shape index (κ1) is 15.6. The van der Waals surface area contributed by atoms with Crippen LogP contribution in [0, 0.1) is 6.92 Å². The van der Waals surface area contributed by atoms with E-state index in [9.17, 15) is 19.8 Å². The molecule has 0 aliphatic heterocycles. The van der Waals surface area contributed by atoms with E-state index in [0.29, 0.717) is 5.39 Å². The van der Waals surface area contributed by atoms with Crippen LogP contribution in [0.1, 0.15) is 21.5 Å². The standard InChI is InChI=1S/C16H16O6/c1-8-4-9-6-10(7-12(18)21-2)14(16(20)22-3)15(19)13(9)11(17)5-8/h4-6,17,19H,7H2,1-3H3. The molecule has 0 aliphatic rings. The van der Waals surface area contributed by atoms with E-state index in [1.807, 2.05) is 0 Å². The number of phenolic OH excluding ortho intramolecular Hbond substituents is 2. The van der Waals surface area contributed by atoms with Crippen molar-refractivity contribution in [2.24, 2.45) is 0 Å². The zero-order valence-corrected chi connectivity index (χ0v) is 12.5. The van der Waals surface area contributed by atoms with Crippen molar-refractivity contribution in [2.45, 2.75) is 13.3 Å². The van der Waals surface area contributed by atoms with Crippen molar-refractivity contribution in [3.8, 4) is 11.5 Å². The van der Waals surface area contributed by atoms with Gasteiger partial charge in [0.05, 0.1) is 26.0 Å². The monoisotopic (exact) mass is 304 g/mol. The van der Waals surface area contributed by atoms with E-state index in [1.165, 1.54) is 20.3 Å². The first-order valence-corrected chi connectivity index (χ1v) is 6.52. The van der Waals surface area contributed by atoms with Crippen LogP contribution in [0.4, 0.5) is 0 Å². The Labute approximate surface area is 126 Å². The molecule has 0 bridgehead atoms. The molecule has 22 heavy (non-hydrogen) atoms. The Morgan fingerprint density at radius 1 is 1.09 bits per heavy atom. The van der Waals surface area contributed by atoms with Crippen LogP contribution in [0.15, 0.2) is 18.2 Å². The van der Waals surface area contributed by atoms with Crippen LogP contribution in [0.5, 0.6) is 11.5 Å². The highest BCUT2D eigenvalue weighted by Gasteiger charge is 2.23. The van der Waals surface area contributed by atoms with Crippen LogP contribution in [0.25, 0.3) is 10.8 Å². The van der Waals surface area contributed by atoms with Crippen molar-refractivity contribution in [1.29, 1.82) is 0 Å². The Hall–Kier alpha value is -2.76. The molecule has 116 valence electrons. The molecule has 0 fully saturated rings. The average Bonchev–Trinajstić information content (AvgIpc) is 2.45. The summed E-state index contributed by atoms with van der Waals surface area (Å²) in [7, 11) is 2.40. The molecule has 2 N–H and O–H groups in total. The summed E-state index contributed by atoms with van der Waals surface area (Å²) < 4.78 is 9.25. The van der Waals surface area contributed by atoms with Gasteiger partial charge in [0.2, 0.25) is 0 Å². The Morgan fingerprint density at radius 3 is 2.36 bits per heavy atom. The first-order chi connectivity index (χ1) is 10.4. The lowest BCUT2D eigenvalue weighted by Crippen LogP contribution is -2.12. The van der Waals surface area contributed by atoms with E-state index < -0.39 is 17.7 Å². The predicted octanol–water partition coefficient (Wildman–Crippen LogP) is 2.06. The van der Waals surface area contributed by atoms with Gasteiger partial charge in [-0.1, -0.05) is 6.07 Å². The zero-order valence-electron chi connectivity index (χ0n) is 12.5. The van der Waals surface area contributed by atoms with E-state index in [2.05, 4.69) is 9.47 Å². The fourth-order valence-electron chi connectivity index (χ4n) is 2.40. The molecule has 2 aromatic rings. The number of carbonyl (C=O) groups excluding carboxylic acids is 2. The third-order valence-corrected chi connectivity index (χ3v) is 3.37. The van der Waals surface area contributed by atoms with Crippen molar-refractivity contribution in [3.05, 3.63) is 34.9 Å². The second kappa shape index (κ2) is 5.93. The van der Waals surface area contributed by atoms with Crippen molar-refractivity contribution in [3.63, 3.8) is 0 Å². The highest BCUT2D eigenvalue weighted by molar-refractivity contribution is 6.05. The minimum atomic E-state index is -0.793. The molecule has 0 saturated carbocycles. The molecule has 0 heterocycles. The van der Waals surface area contributed by atoms with Gasteiger partial charge in [-0.2, -0.15) is 0 Å². The van der Waals surface area contributed by atoms with Gasteiger partial charge in [0.25, 0.3) is 0 Å². The quantitative estimate of drug-likeness (QED) is 0.843. The minimum Gasteiger partial charge on any atom is -0.507 e. The van der Waals surface area contributed by atoms with Crippen LogP contribution < -0.4 is 0 Å². The number of esters is 2. The second-order valence-corrected chi connectivity index (χ2v) is 4.89. The largest absolute Gasteiger partial charge is 0.507 e. The molecule has 0 atom stereocenters. The van der Waals surface area contributed by atoms with Gasteiger partial charge >= 0.3 is 11.9 Å². The fourth-order valence-corrected chi connectivity index (χ4v) is 2.40. The van der Waals surface area contributed by atoms with Gasteiger partial charge in [0.1, 0.15) is 17.1 Å². The molecule has 0 unspecified atom stereocenters. The number of hydrogen-bond acceptors (Lipinski definition) is 6. The summed E-state index contributed by atoms with van der Waals surface area (Å²) >= 11 is 0. The maximum Gasteiger partial charge on any atom is 0.341 e. The van der Waals surface area contributed by atoms with Crippen molar-refractivity contribution in [2.75, 3.05) is 14.2 Å². The second-order valence-electron chi connectivity index (χ2n) is 4.89. The van der Waals surface area contributed by atoms with E-state index in [-0.39, 0.29) is 28.7 Å². The summed E-state index contributed by atoms with van der Waals surface area (Å²) in [6.45, 7) is 1.78. The summed E-state index contributed by atoms with van der Waals surface area (Å²) in [5, 5.41) is 21.1. The molecule has 0 saturated heterocycles. The fraction of sp³-hybridized carbons (Fsp3) is 0.250. The maximum atomic E-state index is 11.9. The molecular weight excluding hydrogens is 288 g/mol. The molecule has 0 aromatic heterocycles. The number of aromatic hydroxyl groups is 2. The lowest BCUT2D eigenvalue weighted by molar-refractivity contribution is -0.139. The van der Waals surface area contributed by atoms with E-state index in [0.717, 1.165) is 5.56 Å². The van der Waals surface area contributed by atoms with Gasteiger partial charge in [-0.3, -0.25) is 4.79 Å². The zero-order chi connectivity index (χ0) is 16.4.